The SMILES string of the molecule is CN(C)[C@H]1CCCCN(S(=O)(=O)c2ccc(OC(F)(F)F)cc2)C1. The topological polar surface area (TPSA) is 49.9 Å². The lowest BCUT2D eigenvalue weighted by atomic mass is 10.1. The molecule has 1 aromatic rings. The number of nitrogens with zero attached hydrogens (tertiary/aromatic N) is 2. The van der Waals surface area contributed by atoms with E-state index < -0.39 is 22.1 Å². The summed E-state index contributed by atoms with van der Waals surface area (Å²) in [5.41, 5.74) is 0. The highest BCUT2D eigenvalue weighted by atomic mass is 32.2. The van der Waals surface area contributed by atoms with Gasteiger partial charge >= 0.3 is 6.36 Å². The van der Waals surface area contributed by atoms with Crippen LogP contribution in [0.15, 0.2) is 29.2 Å². The van der Waals surface area contributed by atoms with E-state index in [0.717, 1.165) is 43.5 Å². The Morgan fingerprint density at radius 1 is 1.17 bits per heavy atom. The highest BCUT2D eigenvalue weighted by Crippen LogP contribution is 2.26. The van der Waals surface area contributed by atoms with Crippen molar-refractivity contribution in [2.75, 3.05) is 27.2 Å². The number of hydrogen-bond donors (Lipinski definition) is 0. The van der Waals surface area contributed by atoms with E-state index in [4.69, 9.17) is 0 Å². The van der Waals surface area contributed by atoms with E-state index in [-0.39, 0.29) is 10.9 Å². The van der Waals surface area contributed by atoms with E-state index in [2.05, 4.69) is 4.74 Å². The number of alkyl halides is 3. The molecule has 0 bridgehead atoms. The number of benzene rings is 1. The van der Waals surface area contributed by atoms with Crippen LogP contribution in [0.25, 0.3) is 0 Å². The van der Waals surface area contributed by atoms with Crippen LogP contribution in [-0.4, -0.2) is 57.2 Å². The van der Waals surface area contributed by atoms with Crippen molar-refractivity contribution in [1.29, 1.82) is 0 Å². The monoisotopic (exact) mass is 366 g/mol. The van der Waals surface area contributed by atoms with Crippen molar-refractivity contribution in [3.05, 3.63) is 24.3 Å². The first-order valence-corrected chi connectivity index (χ1v) is 9.06. The molecular formula is C15H21F3N2O3S. The zero-order valence-corrected chi connectivity index (χ0v) is 14.4. The number of rotatable bonds is 4. The van der Waals surface area contributed by atoms with Crippen LogP contribution >= 0.6 is 0 Å². The molecule has 0 unspecified atom stereocenters. The lowest BCUT2D eigenvalue weighted by molar-refractivity contribution is -0.274. The van der Waals surface area contributed by atoms with E-state index in [9.17, 15) is 21.6 Å². The van der Waals surface area contributed by atoms with Crippen LogP contribution in [0.2, 0.25) is 0 Å². The highest BCUT2D eigenvalue weighted by Gasteiger charge is 2.32. The Bertz CT molecular complexity index is 645. The lowest BCUT2D eigenvalue weighted by Crippen LogP contribution is -2.41. The van der Waals surface area contributed by atoms with Gasteiger partial charge in [0.15, 0.2) is 0 Å². The molecule has 5 nitrogen and oxygen atoms in total. The molecular weight excluding hydrogens is 345 g/mol. The molecule has 0 N–H and O–H groups in total. The summed E-state index contributed by atoms with van der Waals surface area (Å²) in [6.07, 6.45) is -2.19. The van der Waals surface area contributed by atoms with E-state index in [1.807, 2.05) is 19.0 Å². The largest absolute Gasteiger partial charge is 0.573 e. The molecule has 0 amide bonds. The van der Waals surface area contributed by atoms with Gasteiger partial charge in [0.2, 0.25) is 10.0 Å². The molecule has 1 aromatic carbocycles. The van der Waals surface area contributed by atoms with Gasteiger partial charge in [0.1, 0.15) is 5.75 Å². The molecule has 24 heavy (non-hydrogen) atoms. The summed E-state index contributed by atoms with van der Waals surface area (Å²) < 4.78 is 67.2. The maximum Gasteiger partial charge on any atom is 0.573 e. The van der Waals surface area contributed by atoms with Gasteiger partial charge in [0, 0.05) is 19.1 Å². The maximum absolute atomic E-state index is 12.7. The standard InChI is InChI=1S/C15H21F3N2O3S/c1-19(2)12-5-3-4-10-20(11-12)24(21,22)14-8-6-13(7-9-14)23-15(16,17)18/h6-9,12H,3-5,10-11H2,1-2H3/t12-/m0/s1. The average Bonchev–Trinajstić information content (AvgIpc) is 2.72. The van der Waals surface area contributed by atoms with Gasteiger partial charge in [0.25, 0.3) is 0 Å². The Morgan fingerprint density at radius 2 is 1.79 bits per heavy atom. The highest BCUT2D eigenvalue weighted by molar-refractivity contribution is 7.89. The predicted molar refractivity (Wildman–Crippen MR) is 83.2 cm³/mol. The van der Waals surface area contributed by atoms with Gasteiger partial charge in [-0.3, -0.25) is 0 Å². The Labute approximate surface area is 140 Å². The van der Waals surface area contributed by atoms with E-state index in [1.165, 1.54) is 4.31 Å². The van der Waals surface area contributed by atoms with Crippen molar-refractivity contribution in [3.63, 3.8) is 0 Å². The Hall–Kier alpha value is -1.32. The fraction of sp³-hybridized carbons (Fsp3) is 0.600. The van der Waals surface area contributed by atoms with Crippen molar-refractivity contribution in [2.24, 2.45) is 0 Å². The van der Waals surface area contributed by atoms with Gasteiger partial charge in [0.05, 0.1) is 4.90 Å². The molecule has 0 saturated carbocycles. The number of sulfonamides is 1. The third-order valence-electron chi connectivity index (χ3n) is 4.03. The molecule has 9 heteroatoms. The summed E-state index contributed by atoms with van der Waals surface area (Å²) in [6, 6.07) is 4.44. The second-order valence-corrected chi connectivity index (χ2v) is 7.93. The fourth-order valence-corrected chi connectivity index (χ4v) is 4.20. The minimum absolute atomic E-state index is 0.0311. The number of likely N-dealkylation sites (N-methyl/N-ethyl adjacent to an activating group) is 1. The van der Waals surface area contributed by atoms with Gasteiger partial charge in [-0.05, 0) is 51.2 Å². The van der Waals surface area contributed by atoms with Gasteiger partial charge < -0.3 is 9.64 Å². The van der Waals surface area contributed by atoms with Gasteiger partial charge in [-0.25, -0.2) is 8.42 Å². The zero-order valence-electron chi connectivity index (χ0n) is 13.6. The molecule has 1 heterocycles. The first-order chi connectivity index (χ1) is 11.1. The normalized spacial score (nSPS) is 20.8. The van der Waals surface area contributed by atoms with Gasteiger partial charge in [-0.2, -0.15) is 4.31 Å². The second kappa shape index (κ2) is 7.28. The Kier molecular flexibility index (Phi) is 5.77. The summed E-state index contributed by atoms with van der Waals surface area (Å²) in [5.74, 6) is -0.441. The summed E-state index contributed by atoms with van der Waals surface area (Å²) in [4.78, 5) is 1.96. The molecule has 0 radical (unpaired) electrons. The van der Waals surface area contributed by atoms with Crippen LogP contribution in [0, 0.1) is 0 Å². The molecule has 136 valence electrons. The first-order valence-electron chi connectivity index (χ1n) is 7.62. The van der Waals surface area contributed by atoms with Gasteiger partial charge in [-0.1, -0.05) is 6.42 Å². The molecule has 1 atom stereocenters. The molecule has 1 aliphatic heterocycles. The first kappa shape index (κ1) is 19.0. The van der Waals surface area contributed by atoms with Crippen molar-refractivity contribution in [3.8, 4) is 5.75 Å². The minimum Gasteiger partial charge on any atom is -0.406 e. The maximum atomic E-state index is 12.7. The number of hydrogen-bond acceptors (Lipinski definition) is 4. The minimum atomic E-state index is -4.80. The summed E-state index contributed by atoms with van der Waals surface area (Å²) in [5, 5.41) is 0. The summed E-state index contributed by atoms with van der Waals surface area (Å²) in [7, 11) is 0.0712. The Morgan fingerprint density at radius 3 is 2.33 bits per heavy atom. The molecule has 1 saturated heterocycles. The van der Waals surface area contributed by atoms with E-state index >= 15 is 0 Å². The van der Waals surface area contributed by atoms with E-state index in [0.29, 0.717) is 13.1 Å². The molecule has 1 fully saturated rings. The smallest absolute Gasteiger partial charge is 0.406 e. The van der Waals surface area contributed by atoms with Crippen molar-refractivity contribution >= 4 is 10.0 Å². The molecule has 0 aliphatic carbocycles. The third-order valence-corrected chi connectivity index (χ3v) is 5.91. The molecule has 1 aliphatic rings. The number of halogens is 3. The average molecular weight is 366 g/mol. The predicted octanol–water partition coefficient (Wildman–Crippen LogP) is 2.69. The van der Waals surface area contributed by atoms with Gasteiger partial charge in [-0.15, -0.1) is 13.2 Å². The summed E-state index contributed by atoms with van der Waals surface area (Å²) in [6.45, 7) is 0.781. The van der Waals surface area contributed by atoms with Crippen LogP contribution in [0.4, 0.5) is 13.2 Å². The third kappa shape index (κ3) is 4.84. The second-order valence-electron chi connectivity index (χ2n) is 6.00. The number of ether oxygens (including phenoxy) is 1. The van der Waals surface area contributed by atoms with Crippen LogP contribution in [0.3, 0.4) is 0 Å². The quantitative estimate of drug-likeness (QED) is 0.822. The van der Waals surface area contributed by atoms with Crippen molar-refractivity contribution < 1.29 is 26.3 Å². The molecule has 0 spiro atoms. The Balaban J connectivity index is 2.19. The van der Waals surface area contributed by atoms with Crippen LogP contribution in [-0.2, 0) is 10.0 Å². The van der Waals surface area contributed by atoms with Crippen molar-refractivity contribution in [2.45, 2.75) is 36.6 Å². The van der Waals surface area contributed by atoms with Crippen LogP contribution in [0.1, 0.15) is 19.3 Å². The zero-order chi connectivity index (χ0) is 18.0. The fourth-order valence-electron chi connectivity index (χ4n) is 2.69. The summed E-state index contributed by atoms with van der Waals surface area (Å²) >= 11 is 0. The van der Waals surface area contributed by atoms with Crippen LogP contribution in [0.5, 0.6) is 5.75 Å². The molecule has 2 rings (SSSR count). The molecule has 0 aromatic heterocycles. The van der Waals surface area contributed by atoms with Crippen molar-refractivity contribution in [1.82, 2.24) is 9.21 Å². The van der Waals surface area contributed by atoms with E-state index in [1.54, 1.807) is 0 Å². The van der Waals surface area contributed by atoms with Crippen LogP contribution < -0.4 is 4.74 Å². The lowest BCUT2D eigenvalue weighted by Gasteiger charge is -2.28.